The van der Waals surface area contributed by atoms with Crippen LogP contribution in [0.15, 0.2) is 57.0 Å². The summed E-state index contributed by atoms with van der Waals surface area (Å²) in [4.78, 5) is 8.67. The number of nitrogens with zero attached hydrogens (tertiary/aromatic N) is 1. The summed E-state index contributed by atoms with van der Waals surface area (Å²) >= 11 is 4.90. The van der Waals surface area contributed by atoms with E-state index in [2.05, 4.69) is 25.9 Å². The van der Waals surface area contributed by atoms with Gasteiger partial charge in [0, 0.05) is 14.9 Å². The number of aromatic nitrogens is 2. The average molecular weight is 347 g/mol. The molecule has 0 bridgehead atoms. The molecule has 3 rings (SSSR count). The van der Waals surface area contributed by atoms with Gasteiger partial charge in [0.15, 0.2) is 5.16 Å². The van der Waals surface area contributed by atoms with Crippen molar-refractivity contribution in [2.45, 2.75) is 10.1 Å². The van der Waals surface area contributed by atoms with Crippen LogP contribution < -0.4 is 5.73 Å². The lowest BCUT2D eigenvalue weighted by Gasteiger charge is -2.08. The summed E-state index contributed by atoms with van der Waals surface area (Å²) in [6, 6.07) is 13.6. The van der Waals surface area contributed by atoms with Crippen LogP contribution in [-0.2, 0) is 0 Å². The van der Waals surface area contributed by atoms with Crippen LogP contribution in [0.25, 0.3) is 11.0 Å². The minimum absolute atomic E-state index is 0.0380. The smallest absolute Gasteiger partial charge is 0.171 e. The summed E-state index contributed by atoms with van der Waals surface area (Å²) < 4.78 is 0.811. The standard InChI is InChI=1S/C14H11BrN4S/c15-8-4-3-7-11(12(8)13(16)17)20-14-18-9-5-1-2-6-10(9)19-14/h1-7H,(H3,16,17)(H,18,19). The van der Waals surface area contributed by atoms with Gasteiger partial charge in [-0.3, -0.25) is 5.41 Å². The largest absolute Gasteiger partial charge is 0.384 e. The molecule has 20 heavy (non-hydrogen) atoms. The Morgan fingerprint density at radius 2 is 2.00 bits per heavy atom. The third kappa shape index (κ3) is 2.44. The minimum atomic E-state index is 0.0380. The molecule has 6 heteroatoms. The van der Waals surface area contributed by atoms with Gasteiger partial charge in [0.25, 0.3) is 0 Å². The number of aromatic amines is 1. The van der Waals surface area contributed by atoms with Gasteiger partial charge in [-0.05, 0) is 40.2 Å². The number of hydrogen-bond donors (Lipinski definition) is 3. The van der Waals surface area contributed by atoms with Gasteiger partial charge < -0.3 is 10.7 Å². The molecule has 0 atom stereocenters. The maximum absolute atomic E-state index is 7.69. The normalized spacial score (nSPS) is 10.8. The van der Waals surface area contributed by atoms with Gasteiger partial charge in [0.1, 0.15) is 5.84 Å². The first kappa shape index (κ1) is 13.2. The van der Waals surface area contributed by atoms with Crippen molar-refractivity contribution in [2.75, 3.05) is 0 Å². The number of hydrogen-bond acceptors (Lipinski definition) is 3. The number of fused-ring (bicyclic) bond motifs is 1. The monoisotopic (exact) mass is 346 g/mol. The van der Waals surface area contributed by atoms with Crippen molar-refractivity contribution in [1.29, 1.82) is 5.41 Å². The van der Waals surface area contributed by atoms with Crippen molar-refractivity contribution in [2.24, 2.45) is 5.73 Å². The number of benzene rings is 2. The number of imidazole rings is 1. The van der Waals surface area contributed by atoms with Gasteiger partial charge in [0.2, 0.25) is 0 Å². The Balaban J connectivity index is 2.02. The molecule has 0 saturated carbocycles. The molecule has 4 N–H and O–H groups in total. The number of amidine groups is 1. The number of halogens is 1. The molecule has 3 aromatic rings. The molecule has 100 valence electrons. The van der Waals surface area contributed by atoms with E-state index in [-0.39, 0.29) is 5.84 Å². The Hall–Kier alpha value is -1.79. The van der Waals surface area contributed by atoms with E-state index in [0.29, 0.717) is 5.56 Å². The zero-order chi connectivity index (χ0) is 14.1. The van der Waals surface area contributed by atoms with Crippen molar-refractivity contribution < 1.29 is 0 Å². The Kier molecular flexibility index (Phi) is 3.50. The number of nitrogen functional groups attached to an aromatic ring is 1. The molecule has 0 aliphatic heterocycles. The third-order valence-electron chi connectivity index (χ3n) is 2.82. The van der Waals surface area contributed by atoms with Crippen LogP contribution >= 0.6 is 27.7 Å². The molecular formula is C14H11BrN4S. The lowest BCUT2D eigenvalue weighted by molar-refractivity contribution is 1.08. The first-order valence-corrected chi connectivity index (χ1v) is 7.51. The van der Waals surface area contributed by atoms with Crippen LogP contribution in [0.5, 0.6) is 0 Å². The molecule has 0 amide bonds. The molecule has 0 aliphatic carbocycles. The van der Waals surface area contributed by atoms with Gasteiger partial charge >= 0.3 is 0 Å². The molecule has 1 aromatic heterocycles. The summed E-state index contributed by atoms with van der Waals surface area (Å²) in [5.74, 6) is 0.0380. The number of para-hydroxylation sites is 2. The van der Waals surface area contributed by atoms with Crippen molar-refractivity contribution in [3.8, 4) is 0 Å². The highest BCUT2D eigenvalue weighted by Gasteiger charge is 2.12. The quantitative estimate of drug-likeness (QED) is 0.499. The van der Waals surface area contributed by atoms with E-state index in [9.17, 15) is 0 Å². The summed E-state index contributed by atoms with van der Waals surface area (Å²) in [5, 5.41) is 8.48. The molecule has 0 fully saturated rings. The molecule has 0 saturated heterocycles. The lowest BCUT2D eigenvalue weighted by atomic mass is 10.2. The van der Waals surface area contributed by atoms with E-state index in [4.69, 9.17) is 11.1 Å². The van der Waals surface area contributed by atoms with E-state index < -0.39 is 0 Å². The molecule has 2 aromatic carbocycles. The maximum Gasteiger partial charge on any atom is 0.171 e. The average Bonchev–Trinajstić information content (AvgIpc) is 2.80. The molecule has 1 heterocycles. The third-order valence-corrected chi connectivity index (χ3v) is 4.43. The Morgan fingerprint density at radius 3 is 2.75 bits per heavy atom. The molecule has 0 aliphatic rings. The zero-order valence-corrected chi connectivity index (χ0v) is 12.8. The number of rotatable bonds is 3. The van der Waals surface area contributed by atoms with Crippen LogP contribution in [0.3, 0.4) is 0 Å². The second-order valence-electron chi connectivity index (χ2n) is 4.19. The predicted octanol–water partition coefficient (Wildman–Crippen LogP) is 3.76. The SMILES string of the molecule is N=C(N)c1c(Br)cccc1Sc1nc2ccccc2[nH]1. The van der Waals surface area contributed by atoms with E-state index >= 15 is 0 Å². The molecule has 4 nitrogen and oxygen atoms in total. The second kappa shape index (κ2) is 5.30. The van der Waals surface area contributed by atoms with Crippen LogP contribution in [0.1, 0.15) is 5.56 Å². The first-order valence-electron chi connectivity index (χ1n) is 5.90. The van der Waals surface area contributed by atoms with Crippen molar-refractivity contribution in [1.82, 2.24) is 9.97 Å². The van der Waals surface area contributed by atoms with Crippen molar-refractivity contribution in [3.63, 3.8) is 0 Å². The highest BCUT2D eigenvalue weighted by Crippen LogP contribution is 2.33. The fourth-order valence-corrected chi connectivity index (χ4v) is 3.63. The van der Waals surface area contributed by atoms with Crippen LogP contribution in [0.2, 0.25) is 0 Å². The Morgan fingerprint density at radius 1 is 1.20 bits per heavy atom. The Labute approximate surface area is 128 Å². The first-order chi connectivity index (χ1) is 9.65. The van der Waals surface area contributed by atoms with E-state index in [1.54, 1.807) is 0 Å². The molecular weight excluding hydrogens is 336 g/mol. The minimum Gasteiger partial charge on any atom is -0.384 e. The van der Waals surface area contributed by atoms with Gasteiger partial charge in [-0.25, -0.2) is 4.98 Å². The molecule has 0 spiro atoms. The summed E-state index contributed by atoms with van der Waals surface area (Å²) in [6.45, 7) is 0. The molecule has 0 radical (unpaired) electrons. The number of H-pyrrole nitrogens is 1. The number of nitrogens with one attached hydrogen (secondary N) is 2. The number of nitrogens with two attached hydrogens (primary N) is 1. The maximum atomic E-state index is 7.69. The summed E-state index contributed by atoms with van der Waals surface area (Å²) in [6.07, 6.45) is 0. The van der Waals surface area contributed by atoms with Crippen LogP contribution in [0.4, 0.5) is 0 Å². The highest BCUT2D eigenvalue weighted by molar-refractivity contribution is 9.10. The molecule has 0 unspecified atom stereocenters. The summed E-state index contributed by atoms with van der Waals surface area (Å²) in [5.41, 5.74) is 8.27. The van der Waals surface area contributed by atoms with E-state index in [0.717, 1.165) is 25.6 Å². The fourth-order valence-electron chi connectivity index (χ4n) is 1.93. The highest BCUT2D eigenvalue weighted by atomic mass is 79.9. The predicted molar refractivity (Wildman–Crippen MR) is 85.4 cm³/mol. The summed E-state index contributed by atoms with van der Waals surface area (Å²) in [7, 11) is 0. The fraction of sp³-hybridized carbons (Fsp3) is 0. The lowest BCUT2D eigenvalue weighted by Crippen LogP contribution is -2.13. The van der Waals surface area contributed by atoms with Crippen molar-refractivity contribution in [3.05, 3.63) is 52.5 Å². The van der Waals surface area contributed by atoms with Crippen LogP contribution in [-0.4, -0.2) is 15.8 Å². The van der Waals surface area contributed by atoms with Crippen LogP contribution in [0, 0.1) is 5.41 Å². The van der Waals surface area contributed by atoms with Crippen molar-refractivity contribution >= 4 is 44.6 Å². The topological polar surface area (TPSA) is 78.6 Å². The van der Waals surface area contributed by atoms with E-state index in [1.165, 1.54) is 11.8 Å². The second-order valence-corrected chi connectivity index (χ2v) is 6.07. The zero-order valence-electron chi connectivity index (χ0n) is 10.4. The van der Waals surface area contributed by atoms with Gasteiger partial charge in [0.05, 0.1) is 11.0 Å². The van der Waals surface area contributed by atoms with E-state index in [1.807, 2.05) is 42.5 Å². The van der Waals surface area contributed by atoms with Gasteiger partial charge in [-0.2, -0.15) is 0 Å². The van der Waals surface area contributed by atoms with Gasteiger partial charge in [-0.1, -0.05) is 30.0 Å². The Bertz CT molecular complexity index is 764. The van der Waals surface area contributed by atoms with Gasteiger partial charge in [-0.15, -0.1) is 0 Å².